The van der Waals surface area contributed by atoms with Crippen molar-refractivity contribution in [2.75, 3.05) is 0 Å². The van der Waals surface area contributed by atoms with Gasteiger partial charge in [-0.15, -0.1) is 0 Å². The van der Waals surface area contributed by atoms with Crippen molar-refractivity contribution in [1.82, 2.24) is 9.13 Å². The summed E-state index contributed by atoms with van der Waals surface area (Å²) in [5.74, 6) is 0. The van der Waals surface area contributed by atoms with Gasteiger partial charge in [-0.2, -0.15) is 0 Å². The van der Waals surface area contributed by atoms with E-state index in [4.69, 9.17) is 0 Å². The van der Waals surface area contributed by atoms with Gasteiger partial charge >= 0.3 is 0 Å². The van der Waals surface area contributed by atoms with Gasteiger partial charge in [0.1, 0.15) is 0 Å². The zero-order valence-electron chi connectivity index (χ0n) is 67.6. The molecular weight excluding hydrogens is 1490 g/mol. The zero-order valence-corrected chi connectivity index (χ0v) is 67.6. The largest absolute Gasteiger partial charge is 0.309 e. The van der Waals surface area contributed by atoms with E-state index in [1.165, 1.54) is 258 Å². The van der Waals surface area contributed by atoms with Gasteiger partial charge in [-0.05, 0) is 252 Å². The number of aromatic nitrogens is 2. The van der Waals surface area contributed by atoms with Crippen molar-refractivity contribution in [2.45, 2.75) is 0 Å². The van der Waals surface area contributed by atoms with E-state index in [1.807, 2.05) is 0 Å². The molecule has 25 aromatic rings. The van der Waals surface area contributed by atoms with Crippen LogP contribution in [0.2, 0.25) is 0 Å². The molecule has 0 bridgehead atoms. The Morgan fingerprint density at radius 3 is 1.18 bits per heavy atom. The summed E-state index contributed by atoms with van der Waals surface area (Å²) in [5.41, 5.74) is 35.0. The number of hydrogen-bond acceptors (Lipinski definition) is 0. The van der Waals surface area contributed by atoms with Gasteiger partial charge in [0.2, 0.25) is 0 Å². The summed E-state index contributed by atoms with van der Waals surface area (Å²) < 4.78 is 5.09. The average molecular weight is 1570 g/mol. The minimum atomic E-state index is 1.16. The third-order valence-electron chi connectivity index (χ3n) is 27.0. The molecule has 2 aromatic heterocycles. The molecule has 27 rings (SSSR count). The Morgan fingerprint density at radius 1 is 0.129 bits per heavy atom. The predicted octanol–water partition coefficient (Wildman–Crippen LogP) is 33.8. The summed E-state index contributed by atoms with van der Waals surface area (Å²) in [7, 11) is 0. The van der Waals surface area contributed by atoms with Crippen molar-refractivity contribution in [3.05, 3.63) is 449 Å². The summed E-state index contributed by atoms with van der Waals surface area (Å²) in [6.07, 6.45) is 0. The van der Waals surface area contributed by atoms with E-state index < -0.39 is 0 Å². The molecule has 23 aromatic carbocycles. The Morgan fingerprint density at radius 2 is 0.556 bits per heavy atom. The molecule has 124 heavy (non-hydrogen) atoms. The van der Waals surface area contributed by atoms with Crippen molar-refractivity contribution in [3.63, 3.8) is 0 Å². The molecule has 0 saturated carbocycles. The molecule has 0 atom stereocenters. The third kappa shape index (κ3) is 10.4. The lowest BCUT2D eigenvalue weighted by atomic mass is 9.82. The molecule has 0 aliphatic heterocycles. The number of rotatable bonds is 9. The van der Waals surface area contributed by atoms with Crippen molar-refractivity contribution in [3.8, 4) is 134 Å². The smallest absolute Gasteiger partial charge is 0.0554 e. The van der Waals surface area contributed by atoms with E-state index in [1.54, 1.807) is 0 Å². The first kappa shape index (κ1) is 69.7. The van der Waals surface area contributed by atoms with E-state index in [9.17, 15) is 0 Å². The van der Waals surface area contributed by atoms with Crippen LogP contribution in [0, 0.1) is 0 Å². The number of benzene rings is 23. The molecule has 2 heterocycles. The zero-order chi connectivity index (χ0) is 81.2. The Hall–Kier alpha value is -16.3. The second-order valence-corrected chi connectivity index (χ2v) is 33.4. The molecule has 2 nitrogen and oxygen atoms in total. The van der Waals surface area contributed by atoms with Crippen molar-refractivity contribution < 1.29 is 0 Å². The fourth-order valence-electron chi connectivity index (χ4n) is 21.8. The number of hydrogen-bond donors (Lipinski definition) is 0. The highest BCUT2D eigenvalue weighted by atomic mass is 15.0. The highest BCUT2D eigenvalue weighted by molar-refractivity contribution is 6.34. The molecule has 0 unspecified atom stereocenters. The van der Waals surface area contributed by atoms with E-state index >= 15 is 0 Å². The van der Waals surface area contributed by atoms with Crippen LogP contribution >= 0.6 is 0 Å². The molecule has 0 amide bonds. The average Bonchev–Trinajstić information content (AvgIpc) is 1.53. The van der Waals surface area contributed by atoms with Crippen LogP contribution < -0.4 is 0 Å². The van der Waals surface area contributed by atoms with Gasteiger partial charge in [0.25, 0.3) is 0 Å². The Kier molecular flexibility index (Phi) is 15.5. The third-order valence-corrected chi connectivity index (χ3v) is 27.0. The molecule has 2 aliphatic carbocycles. The van der Waals surface area contributed by atoms with Crippen molar-refractivity contribution in [1.29, 1.82) is 0 Å². The highest BCUT2D eigenvalue weighted by Crippen LogP contribution is 2.61. The summed E-state index contributed by atoms with van der Waals surface area (Å²) in [6, 6.07) is 167. The minimum Gasteiger partial charge on any atom is -0.309 e. The van der Waals surface area contributed by atoms with Crippen LogP contribution in [0.25, 0.3) is 264 Å². The normalized spacial score (nSPS) is 12.0. The van der Waals surface area contributed by atoms with E-state index in [0.29, 0.717) is 0 Å². The molecule has 572 valence electrons. The first-order chi connectivity index (χ1) is 61.6. The highest BCUT2D eigenvalue weighted by Gasteiger charge is 2.34. The SMILES string of the molecule is c1ccc(-c2ccccc2-c2cc3c(c4ccccc24)c2c4ccccc4ccc2n3-c2ccc3c4c(cccc24)-c2c-3c(-c3ccccc3)c3ccccc3c2-c2ccccc2)cc1.c1ccc(-c2ccccc2-c2cc3ccc(-n4c5cc(-c6cccc7ccccc67)ccc5c5c6ccccc6ccc54)cc3c3c2-c2cccc4cccc-3c24)cc1. The summed E-state index contributed by atoms with van der Waals surface area (Å²) in [5, 5.41) is 25.4. The number of nitrogens with zero attached hydrogens (tertiary/aromatic N) is 2. The monoisotopic (exact) mass is 1570 g/mol. The Bertz CT molecular complexity index is 8730. The molecular formula is C122H74N2. The van der Waals surface area contributed by atoms with E-state index in [-0.39, 0.29) is 0 Å². The van der Waals surface area contributed by atoms with Gasteiger partial charge in [-0.3, -0.25) is 0 Å². The minimum absolute atomic E-state index is 1.16. The second-order valence-electron chi connectivity index (χ2n) is 33.4. The van der Waals surface area contributed by atoms with Crippen LogP contribution in [0.3, 0.4) is 0 Å². The van der Waals surface area contributed by atoms with E-state index in [2.05, 4.69) is 458 Å². The Balaban J connectivity index is 0.000000133. The lowest BCUT2D eigenvalue weighted by molar-refractivity contribution is 1.19. The van der Waals surface area contributed by atoms with E-state index in [0.717, 1.165) is 5.69 Å². The van der Waals surface area contributed by atoms with Gasteiger partial charge in [0, 0.05) is 32.6 Å². The molecule has 2 heteroatoms. The quantitative estimate of drug-likeness (QED) is 0.136. The predicted molar refractivity (Wildman–Crippen MR) is 529 cm³/mol. The van der Waals surface area contributed by atoms with Crippen LogP contribution in [-0.2, 0) is 0 Å². The molecule has 0 saturated heterocycles. The van der Waals surface area contributed by atoms with Gasteiger partial charge in [-0.1, -0.05) is 400 Å². The fourth-order valence-corrected chi connectivity index (χ4v) is 21.8. The van der Waals surface area contributed by atoms with Gasteiger partial charge in [-0.25, -0.2) is 0 Å². The van der Waals surface area contributed by atoms with Gasteiger partial charge < -0.3 is 9.13 Å². The summed E-state index contributed by atoms with van der Waals surface area (Å²) >= 11 is 0. The molecule has 0 fully saturated rings. The molecule has 2 aliphatic rings. The van der Waals surface area contributed by atoms with Crippen LogP contribution in [0.15, 0.2) is 449 Å². The van der Waals surface area contributed by atoms with Crippen LogP contribution in [0.4, 0.5) is 0 Å². The fraction of sp³-hybridized carbons (Fsp3) is 0. The second kappa shape index (κ2) is 27.7. The van der Waals surface area contributed by atoms with Crippen molar-refractivity contribution >= 4 is 130 Å². The van der Waals surface area contributed by atoms with Crippen LogP contribution in [0.5, 0.6) is 0 Å². The topological polar surface area (TPSA) is 9.86 Å². The van der Waals surface area contributed by atoms with Crippen molar-refractivity contribution in [2.24, 2.45) is 0 Å². The summed E-state index contributed by atoms with van der Waals surface area (Å²) in [6.45, 7) is 0. The standard InChI is InChI=1S/C64H39N.C58H35N/c1-4-19-40(20-5-1)44-26-12-13-28-46(44)54-39-57-62(48-30-15-14-29-47(48)54)61-45-27-11-10-21-41(45)35-37-56(61)65(57)55-38-36-53-60-51(55)33-18-34-52(60)63-58(42-22-6-2-7-23-42)49-31-16-17-32-50(49)59(64(53)63)43-24-8-3-9-25-43;1-2-13-36(14-3-1)44-21-8-9-23-47(44)52-33-40-27-30-42(35-51(40)57-49-25-11-18-39-19-12-26-50(55(39)49)58(52)57)59-53-32-29-38-16-5-7-22-46(38)56(53)48-31-28-41(34-54(48)59)45-24-10-17-37-15-4-6-20-43(37)45/h1-39H;1-35H. The number of fused-ring (bicyclic) bond motifs is 22. The van der Waals surface area contributed by atoms with Crippen LogP contribution in [0.1, 0.15) is 0 Å². The lowest BCUT2D eigenvalue weighted by Crippen LogP contribution is -1.97. The maximum Gasteiger partial charge on any atom is 0.0554 e. The molecule has 0 spiro atoms. The van der Waals surface area contributed by atoms with Crippen LogP contribution in [-0.4, -0.2) is 9.13 Å². The lowest BCUT2D eigenvalue weighted by Gasteiger charge is -2.20. The first-order valence-electron chi connectivity index (χ1n) is 43.1. The van der Waals surface area contributed by atoms with Gasteiger partial charge in [0.15, 0.2) is 0 Å². The van der Waals surface area contributed by atoms with Gasteiger partial charge in [0.05, 0.1) is 27.8 Å². The Labute approximate surface area is 716 Å². The first-order valence-corrected chi connectivity index (χ1v) is 43.1. The maximum absolute atomic E-state index is 2.58. The molecule has 0 N–H and O–H groups in total. The maximum atomic E-state index is 2.58. The molecule has 0 radical (unpaired) electrons. The summed E-state index contributed by atoms with van der Waals surface area (Å²) in [4.78, 5) is 0.